The highest BCUT2D eigenvalue weighted by Crippen LogP contribution is 2.20. The maximum atomic E-state index is 13.0. The highest BCUT2D eigenvalue weighted by atomic mass is 32.2. The van der Waals surface area contributed by atoms with Crippen molar-refractivity contribution in [3.8, 4) is 5.75 Å². The molecule has 0 unspecified atom stereocenters. The van der Waals surface area contributed by atoms with Gasteiger partial charge in [-0.1, -0.05) is 67.8 Å². The van der Waals surface area contributed by atoms with E-state index < -0.39 is 10.0 Å². The van der Waals surface area contributed by atoms with Gasteiger partial charge in [0, 0.05) is 57.8 Å². The number of methoxy groups -OCH3 is 1. The van der Waals surface area contributed by atoms with Gasteiger partial charge in [0.15, 0.2) is 0 Å². The summed E-state index contributed by atoms with van der Waals surface area (Å²) in [6, 6.07) is 14.8. The molecule has 0 spiro atoms. The number of nitrogens with zero attached hydrogens (tertiary/aromatic N) is 3. The summed E-state index contributed by atoms with van der Waals surface area (Å²) in [5.74, 6) is 0.969. The summed E-state index contributed by atoms with van der Waals surface area (Å²) >= 11 is 0. The number of aryl methyl sites for hydroxylation is 1. The molecule has 1 heterocycles. The molecule has 1 aliphatic heterocycles. The van der Waals surface area contributed by atoms with Crippen molar-refractivity contribution in [3.63, 3.8) is 0 Å². The van der Waals surface area contributed by atoms with E-state index in [1.54, 1.807) is 23.5 Å². The predicted octanol–water partition coefficient (Wildman–Crippen LogP) is 4.43. The van der Waals surface area contributed by atoms with Crippen molar-refractivity contribution in [3.05, 3.63) is 65.7 Å². The van der Waals surface area contributed by atoms with Crippen LogP contribution in [-0.4, -0.2) is 81.4 Å². The van der Waals surface area contributed by atoms with E-state index in [1.807, 2.05) is 60.4 Å². The Hall–Kier alpha value is -2.68. The smallest absolute Gasteiger partial charge is 0.243 e. The highest BCUT2D eigenvalue weighted by Gasteiger charge is 2.28. The summed E-state index contributed by atoms with van der Waals surface area (Å²) in [6.45, 7) is 8.16. The minimum Gasteiger partial charge on any atom is -0.496 e. The molecular weight excluding hydrogens is 486 g/mol. The number of hydrogen-bond donors (Lipinski definition) is 0. The minimum absolute atomic E-state index is 0.165. The molecule has 1 saturated heterocycles. The van der Waals surface area contributed by atoms with Crippen LogP contribution in [0.2, 0.25) is 0 Å². The average Bonchev–Trinajstić information content (AvgIpc) is 2.91. The first kappa shape index (κ1) is 28.9. The van der Waals surface area contributed by atoms with Crippen molar-refractivity contribution < 1.29 is 17.9 Å². The Labute approximate surface area is 222 Å². The van der Waals surface area contributed by atoms with Gasteiger partial charge in [0.2, 0.25) is 15.9 Å². The summed E-state index contributed by atoms with van der Waals surface area (Å²) < 4.78 is 33.0. The summed E-state index contributed by atoms with van der Waals surface area (Å²) in [7, 11) is -1.83. The molecule has 7 nitrogen and oxygen atoms in total. The molecule has 0 N–H and O–H groups in total. The van der Waals surface area contributed by atoms with Crippen LogP contribution in [0, 0.1) is 6.92 Å². The van der Waals surface area contributed by atoms with Crippen molar-refractivity contribution in [1.82, 2.24) is 14.1 Å². The maximum absolute atomic E-state index is 13.0. The molecule has 0 aliphatic carbocycles. The van der Waals surface area contributed by atoms with Gasteiger partial charge in [-0.25, -0.2) is 8.42 Å². The van der Waals surface area contributed by atoms with Gasteiger partial charge in [-0.3, -0.25) is 9.69 Å². The lowest BCUT2D eigenvalue weighted by molar-refractivity contribution is -0.131. The maximum Gasteiger partial charge on any atom is 0.243 e. The second-order valence-electron chi connectivity index (χ2n) is 9.50. The van der Waals surface area contributed by atoms with E-state index in [9.17, 15) is 13.2 Å². The molecule has 0 atom stereocenters. The van der Waals surface area contributed by atoms with Crippen molar-refractivity contribution in [2.75, 3.05) is 52.9 Å². The van der Waals surface area contributed by atoms with Gasteiger partial charge in [0.25, 0.3) is 0 Å². The van der Waals surface area contributed by atoms with Crippen LogP contribution < -0.4 is 4.74 Å². The molecule has 0 saturated carbocycles. The number of rotatable bonds is 13. The van der Waals surface area contributed by atoms with Gasteiger partial charge in [0.05, 0.1) is 12.0 Å². The van der Waals surface area contributed by atoms with Crippen molar-refractivity contribution in [1.29, 1.82) is 0 Å². The number of carbonyl (C=O) groups is 1. The first-order valence-electron chi connectivity index (χ1n) is 13.2. The quantitative estimate of drug-likeness (QED) is 0.361. The zero-order chi connectivity index (χ0) is 26.7. The monoisotopic (exact) mass is 527 g/mol. The fourth-order valence-corrected chi connectivity index (χ4v) is 5.85. The Kier molecular flexibility index (Phi) is 11.2. The van der Waals surface area contributed by atoms with E-state index in [2.05, 4.69) is 11.8 Å². The van der Waals surface area contributed by atoms with Gasteiger partial charge in [-0.05, 0) is 31.5 Å². The molecule has 202 valence electrons. The summed E-state index contributed by atoms with van der Waals surface area (Å²) in [6.07, 6.45) is 7.60. The number of carbonyl (C=O) groups excluding carboxylic acids is 1. The van der Waals surface area contributed by atoms with Crippen molar-refractivity contribution in [2.24, 2.45) is 0 Å². The van der Waals surface area contributed by atoms with Crippen LogP contribution in [0.15, 0.2) is 59.5 Å². The van der Waals surface area contributed by atoms with E-state index in [1.165, 1.54) is 0 Å². The number of sulfonamides is 1. The first-order valence-corrected chi connectivity index (χ1v) is 14.7. The number of unbranched alkanes of at least 4 members (excludes halogenated alkanes) is 2. The van der Waals surface area contributed by atoms with Crippen molar-refractivity contribution >= 4 is 22.0 Å². The van der Waals surface area contributed by atoms with Gasteiger partial charge in [-0.2, -0.15) is 4.31 Å². The van der Waals surface area contributed by atoms with Gasteiger partial charge < -0.3 is 9.64 Å². The third-order valence-electron chi connectivity index (χ3n) is 6.79. The van der Waals surface area contributed by atoms with Gasteiger partial charge >= 0.3 is 0 Å². The Balaban J connectivity index is 1.56. The molecule has 3 rings (SSSR count). The third kappa shape index (κ3) is 8.42. The standard InChI is InChI=1S/C29H41N3O4S/c1-4-5-6-13-29(33)31(18-9-11-26-10-7-8-12-28(26)36-3)22-19-30-20-23-32(24-21-30)37(34,35)27-16-14-25(2)15-17-27/h7-12,14-17H,4-6,13,18-24H2,1-3H3/b11-9+. The van der Waals surface area contributed by atoms with Gasteiger partial charge in [0.1, 0.15) is 5.75 Å². The molecule has 8 heteroatoms. The second kappa shape index (κ2) is 14.3. The van der Waals surface area contributed by atoms with Crippen LogP contribution in [0.1, 0.15) is 43.7 Å². The molecule has 1 aliphatic rings. The topological polar surface area (TPSA) is 70.2 Å². The lowest BCUT2D eigenvalue weighted by atomic mass is 10.1. The van der Waals surface area contributed by atoms with Crippen LogP contribution in [0.5, 0.6) is 5.75 Å². The van der Waals surface area contributed by atoms with Gasteiger partial charge in [-0.15, -0.1) is 0 Å². The zero-order valence-corrected chi connectivity index (χ0v) is 23.3. The number of benzene rings is 2. The molecule has 0 bridgehead atoms. The third-order valence-corrected chi connectivity index (χ3v) is 8.70. The van der Waals surface area contributed by atoms with Crippen LogP contribution >= 0.6 is 0 Å². The summed E-state index contributed by atoms with van der Waals surface area (Å²) in [5, 5.41) is 0. The molecule has 2 aromatic carbocycles. The highest BCUT2D eigenvalue weighted by molar-refractivity contribution is 7.89. The SMILES string of the molecule is CCCCCC(=O)N(C/C=C/c1ccccc1OC)CCN1CCN(S(=O)(=O)c2ccc(C)cc2)CC1. The van der Waals surface area contributed by atoms with Crippen LogP contribution in [0.3, 0.4) is 0 Å². The Bertz CT molecular complexity index is 1120. The number of hydrogen-bond acceptors (Lipinski definition) is 5. The fraction of sp³-hybridized carbons (Fsp3) is 0.483. The zero-order valence-electron chi connectivity index (χ0n) is 22.4. The Morgan fingerprint density at radius 2 is 1.73 bits per heavy atom. The lowest BCUT2D eigenvalue weighted by Crippen LogP contribution is -2.50. The molecule has 2 aromatic rings. The largest absolute Gasteiger partial charge is 0.496 e. The fourth-order valence-electron chi connectivity index (χ4n) is 4.43. The average molecular weight is 528 g/mol. The van der Waals surface area contributed by atoms with Crippen LogP contribution in [0.4, 0.5) is 0 Å². The number of piperazine rings is 1. The van der Waals surface area contributed by atoms with Crippen LogP contribution in [-0.2, 0) is 14.8 Å². The van der Waals surface area contributed by atoms with E-state index in [0.717, 1.165) is 42.7 Å². The number of ether oxygens (including phenoxy) is 1. The van der Waals surface area contributed by atoms with E-state index >= 15 is 0 Å². The van der Waals surface area contributed by atoms with E-state index in [0.29, 0.717) is 50.6 Å². The molecule has 1 amide bonds. The normalized spacial score (nSPS) is 15.2. The molecule has 0 aromatic heterocycles. The molecule has 37 heavy (non-hydrogen) atoms. The molecule has 1 fully saturated rings. The van der Waals surface area contributed by atoms with E-state index in [4.69, 9.17) is 4.74 Å². The minimum atomic E-state index is -3.48. The van der Waals surface area contributed by atoms with Crippen LogP contribution in [0.25, 0.3) is 6.08 Å². The van der Waals surface area contributed by atoms with E-state index in [-0.39, 0.29) is 5.91 Å². The lowest BCUT2D eigenvalue weighted by Gasteiger charge is -2.35. The second-order valence-corrected chi connectivity index (χ2v) is 11.4. The number of amides is 1. The Morgan fingerprint density at radius 3 is 2.41 bits per heavy atom. The summed E-state index contributed by atoms with van der Waals surface area (Å²) in [5.41, 5.74) is 2.02. The van der Waals surface area contributed by atoms with Crippen molar-refractivity contribution in [2.45, 2.75) is 44.4 Å². The predicted molar refractivity (Wildman–Crippen MR) is 149 cm³/mol. The number of para-hydroxylation sites is 1. The Morgan fingerprint density at radius 1 is 1.03 bits per heavy atom. The molecular formula is C29H41N3O4S. The summed E-state index contributed by atoms with van der Waals surface area (Å²) in [4.78, 5) is 17.5. The molecule has 0 radical (unpaired) electrons. The first-order chi connectivity index (χ1) is 17.8.